The van der Waals surface area contributed by atoms with Gasteiger partial charge in [0.2, 0.25) is 11.7 Å². The van der Waals surface area contributed by atoms with Crippen LogP contribution in [-0.2, 0) is 4.79 Å². The summed E-state index contributed by atoms with van der Waals surface area (Å²) in [5.41, 5.74) is 6.24. The van der Waals surface area contributed by atoms with Crippen molar-refractivity contribution in [1.82, 2.24) is 25.5 Å². The van der Waals surface area contributed by atoms with Crippen LogP contribution in [0, 0.1) is 0 Å². The molecule has 21 heavy (non-hydrogen) atoms. The second kappa shape index (κ2) is 6.01. The zero-order chi connectivity index (χ0) is 15.5. The van der Waals surface area contributed by atoms with Gasteiger partial charge in [0.05, 0.1) is 0 Å². The van der Waals surface area contributed by atoms with E-state index in [-0.39, 0.29) is 5.91 Å². The molecule has 112 valence electrons. The molecule has 7 nitrogen and oxygen atoms in total. The number of hydrogen-bond acceptors (Lipinski definition) is 5. The smallest absolute Gasteiger partial charge is 0.246 e. The number of carbonyl (C=O) groups excluding carboxylic acids is 1. The molecule has 0 aliphatic rings. The highest BCUT2D eigenvalue weighted by atomic mass is 16.2. The predicted octanol–water partition coefficient (Wildman–Crippen LogP) is 0.755. The van der Waals surface area contributed by atoms with Gasteiger partial charge in [-0.25, -0.2) is 0 Å². The van der Waals surface area contributed by atoms with E-state index in [0.29, 0.717) is 12.4 Å². The molecule has 0 saturated heterocycles. The Bertz CT molecular complexity index is 601. The van der Waals surface area contributed by atoms with Gasteiger partial charge in [-0.1, -0.05) is 30.3 Å². The Morgan fingerprint density at radius 3 is 2.67 bits per heavy atom. The zero-order valence-corrected chi connectivity index (χ0v) is 12.4. The monoisotopic (exact) mass is 288 g/mol. The second-order valence-corrected chi connectivity index (χ2v) is 5.68. The van der Waals surface area contributed by atoms with Gasteiger partial charge < -0.3 is 11.1 Å². The molecular formula is C14H20N6O. The van der Waals surface area contributed by atoms with E-state index in [1.54, 1.807) is 6.92 Å². The molecule has 0 saturated carbocycles. The van der Waals surface area contributed by atoms with Crippen molar-refractivity contribution in [3.05, 3.63) is 30.3 Å². The Hall–Kier alpha value is -2.28. The Balaban J connectivity index is 2.05. The molecule has 2 rings (SSSR count). The van der Waals surface area contributed by atoms with Gasteiger partial charge in [-0.05, 0) is 26.0 Å². The number of rotatable bonds is 5. The Labute approximate surface area is 123 Å². The standard InChI is InChI=1S/C14H20N6O/c1-10(13(21)16-9-14(2,3)15)20-18-12(17-19-20)11-7-5-4-6-8-11/h4-8,10H,9,15H2,1-3H3,(H,16,21). The van der Waals surface area contributed by atoms with Crippen molar-refractivity contribution in [3.8, 4) is 11.4 Å². The lowest BCUT2D eigenvalue weighted by atomic mass is 10.1. The van der Waals surface area contributed by atoms with Crippen LogP contribution in [0.3, 0.4) is 0 Å². The van der Waals surface area contributed by atoms with E-state index >= 15 is 0 Å². The second-order valence-electron chi connectivity index (χ2n) is 5.68. The molecule has 0 aliphatic carbocycles. The van der Waals surface area contributed by atoms with Crippen LogP contribution in [0.1, 0.15) is 26.8 Å². The molecule has 1 atom stereocenters. The predicted molar refractivity (Wildman–Crippen MR) is 79.2 cm³/mol. The van der Waals surface area contributed by atoms with Crippen LogP contribution < -0.4 is 11.1 Å². The molecule has 0 spiro atoms. The van der Waals surface area contributed by atoms with Crippen molar-refractivity contribution in [1.29, 1.82) is 0 Å². The number of hydrogen-bond donors (Lipinski definition) is 2. The van der Waals surface area contributed by atoms with Crippen LogP contribution in [0.25, 0.3) is 11.4 Å². The molecule has 1 aromatic heterocycles. The number of tetrazole rings is 1. The molecular weight excluding hydrogens is 268 g/mol. The Morgan fingerprint density at radius 2 is 2.05 bits per heavy atom. The number of amides is 1. The van der Waals surface area contributed by atoms with Crippen molar-refractivity contribution in [2.75, 3.05) is 6.54 Å². The highest BCUT2D eigenvalue weighted by Gasteiger charge is 2.20. The highest BCUT2D eigenvalue weighted by Crippen LogP contribution is 2.13. The third-order valence-electron chi connectivity index (χ3n) is 2.90. The van der Waals surface area contributed by atoms with Crippen LogP contribution in [0.15, 0.2) is 30.3 Å². The average Bonchev–Trinajstić information content (AvgIpc) is 2.94. The maximum Gasteiger partial charge on any atom is 0.246 e. The van der Waals surface area contributed by atoms with E-state index in [0.717, 1.165) is 5.56 Å². The van der Waals surface area contributed by atoms with Crippen molar-refractivity contribution < 1.29 is 4.79 Å². The first-order valence-corrected chi connectivity index (χ1v) is 6.78. The first-order valence-electron chi connectivity index (χ1n) is 6.78. The van der Waals surface area contributed by atoms with Crippen LogP contribution in [-0.4, -0.2) is 38.2 Å². The van der Waals surface area contributed by atoms with Crippen molar-refractivity contribution in [3.63, 3.8) is 0 Å². The number of aromatic nitrogens is 4. The SMILES string of the molecule is CC(C(=O)NCC(C)(C)N)n1nnc(-c2ccccc2)n1. The Kier molecular flexibility index (Phi) is 4.32. The Morgan fingerprint density at radius 1 is 1.38 bits per heavy atom. The fraction of sp³-hybridized carbons (Fsp3) is 0.429. The number of nitrogens with two attached hydrogens (primary N) is 1. The van der Waals surface area contributed by atoms with Gasteiger partial charge in [-0.15, -0.1) is 10.2 Å². The van der Waals surface area contributed by atoms with Crippen molar-refractivity contribution in [2.24, 2.45) is 5.73 Å². The molecule has 1 heterocycles. The summed E-state index contributed by atoms with van der Waals surface area (Å²) in [7, 11) is 0. The van der Waals surface area contributed by atoms with Gasteiger partial charge in [-0.2, -0.15) is 4.80 Å². The van der Waals surface area contributed by atoms with Gasteiger partial charge in [0, 0.05) is 17.6 Å². The van der Waals surface area contributed by atoms with Gasteiger partial charge in [0.15, 0.2) is 0 Å². The van der Waals surface area contributed by atoms with Crippen LogP contribution >= 0.6 is 0 Å². The largest absolute Gasteiger partial charge is 0.352 e. The summed E-state index contributed by atoms with van der Waals surface area (Å²) in [4.78, 5) is 13.3. The van der Waals surface area contributed by atoms with Crippen molar-refractivity contribution in [2.45, 2.75) is 32.4 Å². The lowest BCUT2D eigenvalue weighted by Crippen LogP contribution is -2.46. The zero-order valence-electron chi connectivity index (χ0n) is 12.4. The minimum absolute atomic E-state index is 0.189. The van der Waals surface area contributed by atoms with Gasteiger partial charge in [0.1, 0.15) is 6.04 Å². The average molecular weight is 288 g/mol. The van der Waals surface area contributed by atoms with Gasteiger partial charge in [0.25, 0.3) is 0 Å². The number of nitrogens with zero attached hydrogens (tertiary/aromatic N) is 4. The van der Waals surface area contributed by atoms with Crippen LogP contribution in [0.4, 0.5) is 0 Å². The third kappa shape index (κ3) is 4.09. The van der Waals surface area contributed by atoms with E-state index in [2.05, 4.69) is 20.7 Å². The maximum absolute atomic E-state index is 12.0. The quantitative estimate of drug-likeness (QED) is 0.846. The number of nitrogens with one attached hydrogen (secondary N) is 1. The third-order valence-corrected chi connectivity index (χ3v) is 2.90. The van der Waals surface area contributed by atoms with E-state index in [9.17, 15) is 4.79 Å². The fourth-order valence-electron chi connectivity index (χ4n) is 1.66. The molecule has 0 fully saturated rings. The lowest BCUT2D eigenvalue weighted by molar-refractivity contribution is -0.124. The van der Waals surface area contributed by atoms with E-state index in [1.807, 2.05) is 44.2 Å². The fourth-order valence-corrected chi connectivity index (χ4v) is 1.66. The topological polar surface area (TPSA) is 98.7 Å². The first kappa shape index (κ1) is 15.1. The summed E-state index contributed by atoms with van der Waals surface area (Å²) in [5.74, 6) is 0.306. The molecule has 1 unspecified atom stereocenters. The molecule has 0 aliphatic heterocycles. The number of benzene rings is 1. The summed E-state index contributed by atoms with van der Waals surface area (Å²) in [6.07, 6.45) is 0. The molecule has 3 N–H and O–H groups in total. The molecule has 1 amide bonds. The lowest BCUT2D eigenvalue weighted by Gasteiger charge is -2.20. The van der Waals surface area contributed by atoms with E-state index < -0.39 is 11.6 Å². The first-order chi connectivity index (χ1) is 9.87. The summed E-state index contributed by atoms with van der Waals surface area (Å²) in [5, 5.41) is 14.9. The van der Waals surface area contributed by atoms with Crippen LogP contribution in [0.5, 0.6) is 0 Å². The highest BCUT2D eigenvalue weighted by molar-refractivity contribution is 5.79. The summed E-state index contributed by atoms with van der Waals surface area (Å²) < 4.78 is 0. The minimum atomic E-state index is -0.544. The van der Waals surface area contributed by atoms with Crippen molar-refractivity contribution >= 4 is 5.91 Å². The normalized spacial score (nSPS) is 13.0. The van der Waals surface area contributed by atoms with Crippen LogP contribution in [0.2, 0.25) is 0 Å². The molecule has 7 heteroatoms. The number of carbonyl (C=O) groups is 1. The summed E-state index contributed by atoms with van der Waals surface area (Å²) in [6.45, 7) is 5.80. The molecule has 1 aromatic carbocycles. The molecule has 2 aromatic rings. The maximum atomic E-state index is 12.0. The summed E-state index contributed by atoms with van der Waals surface area (Å²) in [6, 6.07) is 8.95. The summed E-state index contributed by atoms with van der Waals surface area (Å²) >= 11 is 0. The van der Waals surface area contributed by atoms with E-state index in [4.69, 9.17) is 5.73 Å². The van der Waals surface area contributed by atoms with Gasteiger partial charge in [-0.3, -0.25) is 4.79 Å². The minimum Gasteiger partial charge on any atom is -0.352 e. The van der Waals surface area contributed by atoms with E-state index in [1.165, 1.54) is 4.80 Å². The van der Waals surface area contributed by atoms with Gasteiger partial charge >= 0.3 is 0 Å². The molecule has 0 radical (unpaired) electrons. The molecule has 0 bridgehead atoms.